The molecule has 1 amide bonds. The molecule has 4 heteroatoms. The predicted molar refractivity (Wildman–Crippen MR) is 85.3 cm³/mol. The topological polar surface area (TPSA) is 38.3 Å². The van der Waals surface area contributed by atoms with E-state index in [-0.39, 0.29) is 5.91 Å². The maximum absolute atomic E-state index is 11.8. The van der Waals surface area contributed by atoms with Crippen LogP contribution in [0.1, 0.15) is 11.1 Å². The summed E-state index contributed by atoms with van der Waals surface area (Å²) in [4.78, 5) is 11.8. The maximum Gasteiger partial charge on any atom is 0.244 e. The van der Waals surface area contributed by atoms with E-state index >= 15 is 0 Å². The Balaban J connectivity index is 1.90. The third kappa shape index (κ3) is 4.97. The monoisotopic (exact) mass is 301 g/mol. The van der Waals surface area contributed by atoms with Crippen molar-refractivity contribution >= 4 is 23.6 Å². The fraction of sp³-hybridized carbons (Fsp3) is 0.118. The molecule has 0 saturated carbocycles. The van der Waals surface area contributed by atoms with E-state index in [2.05, 4.69) is 5.32 Å². The molecule has 0 heterocycles. The third-order valence-electron chi connectivity index (χ3n) is 2.88. The molecule has 0 saturated heterocycles. The Bertz CT molecular complexity index is 653. The molecule has 0 spiro atoms. The molecule has 2 aromatic rings. The van der Waals surface area contributed by atoms with Crippen LogP contribution in [0, 0.1) is 0 Å². The molecule has 0 unspecified atom stereocenters. The predicted octanol–water partition coefficient (Wildman–Crippen LogP) is 3.68. The molecule has 2 rings (SSSR count). The number of ether oxygens (including phenoxy) is 1. The van der Waals surface area contributed by atoms with Crippen molar-refractivity contribution in [3.05, 3.63) is 70.8 Å². The van der Waals surface area contributed by atoms with Gasteiger partial charge in [0.1, 0.15) is 5.75 Å². The van der Waals surface area contributed by atoms with Crippen LogP contribution in [0.15, 0.2) is 54.6 Å². The van der Waals surface area contributed by atoms with E-state index in [1.165, 1.54) is 6.08 Å². The van der Waals surface area contributed by atoms with Gasteiger partial charge in [-0.25, -0.2) is 0 Å². The van der Waals surface area contributed by atoms with Gasteiger partial charge in [0.2, 0.25) is 5.91 Å². The highest BCUT2D eigenvalue weighted by Crippen LogP contribution is 2.13. The number of rotatable bonds is 5. The molecule has 0 aliphatic carbocycles. The number of carbonyl (C=O) groups is 1. The first-order valence-corrected chi connectivity index (χ1v) is 6.89. The standard InChI is InChI=1S/C17H16ClNO2/c1-21-16-7-3-4-13(11-16)8-9-17(20)19-12-14-5-2-6-15(18)10-14/h2-11H,12H2,1H3,(H,19,20). The number of nitrogens with one attached hydrogen (secondary N) is 1. The summed E-state index contributed by atoms with van der Waals surface area (Å²) in [6.07, 6.45) is 3.25. The lowest BCUT2D eigenvalue weighted by Gasteiger charge is -2.03. The summed E-state index contributed by atoms with van der Waals surface area (Å²) in [6.45, 7) is 0.446. The molecule has 2 aromatic carbocycles. The molecule has 21 heavy (non-hydrogen) atoms. The number of hydrogen-bond acceptors (Lipinski definition) is 2. The molecule has 3 nitrogen and oxygen atoms in total. The zero-order valence-corrected chi connectivity index (χ0v) is 12.4. The molecule has 0 aliphatic heterocycles. The first kappa shape index (κ1) is 15.1. The number of methoxy groups -OCH3 is 1. The summed E-state index contributed by atoms with van der Waals surface area (Å²) in [7, 11) is 1.61. The lowest BCUT2D eigenvalue weighted by atomic mass is 10.2. The van der Waals surface area contributed by atoms with Gasteiger partial charge in [-0.2, -0.15) is 0 Å². The van der Waals surface area contributed by atoms with E-state index in [1.54, 1.807) is 19.3 Å². The highest BCUT2D eigenvalue weighted by atomic mass is 35.5. The highest BCUT2D eigenvalue weighted by molar-refractivity contribution is 6.30. The normalized spacial score (nSPS) is 10.6. The molecular formula is C17H16ClNO2. The van der Waals surface area contributed by atoms with E-state index in [0.29, 0.717) is 11.6 Å². The van der Waals surface area contributed by atoms with Crippen molar-refractivity contribution < 1.29 is 9.53 Å². The van der Waals surface area contributed by atoms with Gasteiger partial charge in [0.25, 0.3) is 0 Å². The second kappa shape index (κ2) is 7.50. The van der Waals surface area contributed by atoms with Gasteiger partial charge in [-0.15, -0.1) is 0 Å². The van der Waals surface area contributed by atoms with Crippen molar-refractivity contribution in [2.24, 2.45) is 0 Å². The molecule has 108 valence electrons. The summed E-state index contributed by atoms with van der Waals surface area (Å²) in [5.41, 5.74) is 1.87. The van der Waals surface area contributed by atoms with Crippen LogP contribution in [0.5, 0.6) is 5.75 Å². The molecule has 0 aliphatic rings. The van der Waals surface area contributed by atoms with Crippen LogP contribution in [0.25, 0.3) is 6.08 Å². The Labute approximate surface area is 129 Å². The van der Waals surface area contributed by atoms with Gasteiger partial charge < -0.3 is 10.1 Å². The Kier molecular flexibility index (Phi) is 5.41. The van der Waals surface area contributed by atoms with E-state index in [1.807, 2.05) is 42.5 Å². The average molecular weight is 302 g/mol. The maximum atomic E-state index is 11.8. The number of benzene rings is 2. The quantitative estimate of drug-likeness (QED) is 0.856. The molecular weight excluding hydrogens is 286 g/mol. The van der Waals surface area contributed by atoms with Crippen molar-refractivity contribution in [3.63, 3.8) is 0 Å². The summed E-state index contributed by atoms with van der Waals surface area (Å²) in [5, 5.41) is 3.47. The average Bonchev–Trinajstić information content (AvgIpc) is 2.51. The SMILES string of the molecule is COc1cccc(C=CC(=O)NCc2cccc(Cl)c2)c1. The van der Waals surface area contributed by atoms with Crippen LogP contribution < -0.4 is 10.1 Å². The van der Waals surface area contributed by atoms with Crippen LogP contribution in [0.3, 0.4) is 0 Å². The van der Waals surface area contributed by atoms with Gasteiger partial charge in [0, 0.05) is 17.6 Å². The number of amides is 1. The van der Waals surface area contributed by atoms with Gasteiger partial charge in [0.05, 0.1) is 7.11 Å². The molecule has 0 aromatic heterocycles. The summed E-state index contributed by atoms with van der Waals surface area (Å²) >= 11 is 5.89. The molecule has 0 atom stereocenters. The Hall–Kier alpha value is -2.26. The summed E-state index contributed by atoms with van der Waals surface area (Å²) < 4.78 is 5.13. The highest BCUT2D eigenvalue weighted by Gasteiger charge is 1.98. The largest absolute Gasteiger partial charge is 0.497 e. The van der Waals surface area contributed by atoms with Crippen LogP contribution in [-0.4, -0.2) is 13.0 Å². The van der Waals surface area contributed by atoms with Crippen molar-refractivity contribution in [1.29, 1.82) is 0 Å². The minimum Gasteiger partial charge on any atom is -0.497 e. The van der Waals surface area contributed by atoms with Gasteiger partial charge in [0.15, 0.2) is 0 Å². The summed E-state index contributed by atoms with van der Waals surface area (Å²) in [6, 6.07) is 14.9. The number of hydrogen-bond donors (Lipinski definition) is 1. The second-order valence-electron chi connectivity index (χ2n) is 4.46. The van der Waals surface area contributed by atoms with E-state index in [9.17, 15) is 4.79 Å². The molecule has 0 bridgehead atoms. The Morgan fingerprint density at radius 1 is 1.24 bits per heavy atom. The van der Waals surface area contributed by atoms with Gasteiger partial charge in [-0.1, -0.05) is 35.9 Å². The fourth-order valence-electron chi connectivity index (χ4n) is 1.81. The molecule has 0 fully saturated rings. The molecule has 1 N–H and O–H groups in total. The van der Waals surface area contributed by atoms with E-state index in [0.717, 1.165) is 16.9 Å². The van der Waals surface area contributed by atoms with Crippen molar-refractivity contribution in [1.82, 2.24) is 5.32 Å². The van der Waals surface area contributed by atoms with Crippen molar-refractivity contribution in [2.75, 3.05) is 7.11 Å². The Morgan fingerprint density at radius 3 is 2.81 bits per heavy atom. The van der Waals surface area contributed by atoms with E-state index in [4.69, 9.17) is 16.3 Å². The fourth-order valence-corrected chi connectivity index (χ4v) is 2.03. The van der Waals surface area contributed by atoms with Crippen LogP contribution in [-0.2, 0) is 11.3 Å². The smallest absolute Gasteiger partial charge is 0.244 e. The van der Waals surface area contributed by atoms with Crippen molar-refractivity contribution in [3.8, 4) is 5.75 Å². The van der Waals surface area contributed by atoms with E-state index < -0.39 is 0 Å². The zero-order valence-electron chi connectivity index (χ0n) is 11.7. The minimum atomic E-state index is -0.155. The zero-order chi connectivity index (χ0) is 15.1. The summed E-state index contributed by atoms with van der Waals surface area (Å²) in [5.74, 6) is 0.606. The third-order valence-corrected chi connectivity index (χ3v) is 3.11. The molecule has 0 radical (unpaired) electrons. The first-order chi connectivity index (χ1) is 10.2. The van der Waals surface area contributed by atoms with Crippen molar-refractivity contribution in [2.45, 2.75) is 6.54 Å². The second-order valence-corrected chi connectivity index (χ2v) is 4.89. The number of carbonyl (C=O) groups excluding carboxylic acids is 1. The van der Waals surface area contributed by atoms with Gasteiger partial charge >= 0.3 is 0 Å². The lowest BCUT2D eigenvalue weighted by molar-refractivity contribution is -0.116. The van der Waals surface area contributed by atoms with Gasteiger partial charge in [-0.3, -0.25) is 4.79 Å². The first-order valence-electron chi connectivity index (χ1n) is 6.52. The number of halogens is 1. The van der Waals surface area contributed by atoms with Crippen LogP contribution in [0.4, 0.5) is 0 Å². The van der Waals surface area contributed by atoms with Crippen LogP contribution in [0.2, 0.25) is 5.02 Å². The Morgan fingerprint density at radius 2 is 2.05 bits per heavy atom. The van der Waals surface area contributed by atoms with Gasteiger partial charge in [-0.05, 0) is 41.5 Å². The minimum absolute atomic E-state index is 0.155. The lowest BCUT2D eigenvalue weighted by Crippen LogP contribution is -2.20. The van der Waals surface area contributed by atoms with Crippen LogP contribution >= 0.6 is 11.6 Å².